The maximum absolute atomic E-state index is 13.1. The molecule has 164 valence electrons. The number of nitrogens with one attached hydrogen (secondary N) is 1. The van der Waals surface area contributed by atoms with E-state index < -0.39 is 0 Å². The van der Waals surface area contributed by atoms with E-state index in [1.54, 1.807) is 12.1 Å². The third kappa shape index (κ3) is 7.13. The van der Waals surface area contributed by atoms with Crippen LogP contribution in [-0.2, 0) is 17.9 Å². The third-order valence-corrected chi connectivity index (χ3v) is 5.21. The zero-order valence-corrected chi connectivity index (χ0v) is 18.2. The highest BCUT2D eigenvalue weighted by Crippen LogP contribution is 2.37. The van der Waals surface area contributed by atoms with Gasteiger partial charge < -0.3 is 19.5 Å². The van der Waals surface area contributed by atoms with Gasteiger partial charge in [0.2, 0.25) is 0 Å². The topological polar surface area (TPSA) is 43.0 Å². The number of hydrogen-bond acceptors (Lipinski definition) is 5. The third-order valence-electron chi connectivity index (χ3n) is 4.93. The fourth-order valence-corrected chi connectivity index (χ4v) is 3.64. The molecular formula is C23H30ClFN2O3. The fourth-order valence-electron chi connectivity index (χ4n) is 3.35. The molecule has 1 fully saturated rings. The number of ether oxygens (including phenoxy) is 3. The second kappa shape index (κ2) is 12.1. The highest BCUT2D eigenvalue weighted by molar-refractivity contribution is 6.32. The first kappa shape index (κ1) is 22.8. The van der Waals surface area contributed by atoms with Crippen LogP contribution in [0, 0.1) is 5.82 Å². The molecule has 0 radical (unpaired) electrons. The van der Waals surface area contributed by atoms with Crippen LogP contribution in [0.3, 0.4) is 0 Å². The average molecular weight is 437 g/mol. The molecule has 2 aromatic carbocycles. The molecule has 1 heterocycles. The summed E-state index contributed by atoms with van der Waals surface area (Å²) in [5.74, 6) is 0.865. The standard InChI is InChI=1S/C23H30ClFN2O3/c1-2-29-22-15-19(16-26-8-3-9-27-10-12-28-13-11-27)14-21(24)23(22)30-17-18-4-6-20(25)7-5-18/h4-7,14-15,26H,2-3,8-13,16-17H2,1H3. The van der Waals surface area contributed by atoms with Gasteiger partial charge in [-0.25, -0.2) is 4.39 Å². The van der Waals surface area contributed by atoms with Crippen molar-refractivity contribution in [2.24, 2.45) is 0 Å². The number of halogens is 2. The SMILES string of the molecule is CCOc1cc(CNCCCN2CCOCC2)cc(Cl)c1OCc1ccc(F)cc1. The van der Waals surface area contributed by atoms with E-state index in [4.69, 9.17) is 25.8 Å². The Morgan fingerprint density at radius 2 is 1.87 bits per heavy atom. The second-order valence-electron chi connectivity index (χ2n) is 7.24. The molecule has 0 unspecified atom stereocenters. The average Bonchev–Trinajstić information content (AvgIpc) is 2.75. The molecule has 0 aromatic heterocycles. The minimum atomic E-state index is -0.270. The molecule has 0 amide bonds. The molecule has 0 spiro atoms. The summed E-state index contributed by atoms with van der Waals surface area (Å²) in [5.41, 5.74) is 1.91. The summed E-state index contributed by atoms with van der Waals surface area (Å²) < 4.78 is 30.1. The van der Waals surface area contributed by atoms with Crippen LogP contribution >= 0.6 is 11.6 Å². The molecule has 1 aliphatic heterocycles. The van der Waals surface area contributed by atoms with Gasteiger partial charge in [0.15, 0.2) is 11.5 Å². The number of benzene rings is 2. The van der Waals surface area contributed by atoms with E-state index in [1.165, 1.54) is 12.1 Å². The molecule has 3 rings (SSSR count). The molecule has 7 heteroatoms. The van der Waals surface area contributed by atoms with E-state index in [0.29, 0.717) is 36.3 Å². The summed E-state index contributed by atoms with van der Waals surface area (Å²) in [7, 11) is 0. The summed E-state index contributed by atoms with van der Waals surface area (Å²) in [6.45, 7) is 9.16. The minimum Gasteiger partial charge on any atom is -0.490 e. The highest BCUT2D eigenvalue weighted by atomic mass is 35.5. The monoisotopic (exact) mass is 436 g/mol. The Kier molecular flexibility index (Phi) is 9.21. The lowest BCUT2D eigenvalue weighted by Gasteiger charge is -2.26. The van der Waals surface area contributed by atoms with Gasteiger partial charge in [0.1, 0.15) is 12.4 Å². The van der Waals surface area contributed by atoms with Gasteiger partial charge in [-0.1, -0.05) is 23.7 Å². The van der Waals surface area contributed by atoms with Gasteiger partial charge in [0.25, 0.3) is 0 Å². The van der Waals surface area contributed by atoms with Crippen molar-refractivity contribution in [3.8, 4) is 11.5 Å². The normalized spacial score (nSPS) is 14.6. The van der Waals surface area contributed by atoms with Crippen molar-refractivity contribution in [2.75, 3.05) is 46.0 Å². The van der Waals surface area contributed by atoms with E-state index in [0.717, 1.165) is 56.9 Å². The van der Waals surface area contributed by atoms with Crippen molar-refractivity contribution in [3.05, 3.63) is 58.4 Å². The molecule has 0 saturated carbocycles. The van der Waals surface area contributed by atoms with Crippen molar-refractivity contribution in [1.82, 2.24) is 10.2 Å². The summed E-state index contributed by atoms with van der Waals surface area (Å²) in [6, 6.07) is 10.1. The van der Waals surface area contributed by atoms with Gasteiger partial charge in [-0.3, -0.25) is 4.90 Å². The lowest BCUT2D eigenvalue weighted by atomic mass is 10.2. The maximum Gasteiger partial charge on any atom is 0.180 e. The van der Waals surface area contributed by atoms with Crippen molar-refractivity contribution >= 4 is 11.6 Å². The first-order chi connectivity index (χ1) is 14.7. The smallest absolute Gasteiger partial charge is 0.180 e. The van der Waals surface area contributed by atoms with Gasteiger partial charge in [-0.05, 0) is 61.8 Å². The van der Waals surface area contributed by atoms with Crippen LogP contribution in [0.2, 0.25) is 5.02 Å². The van der Waals surface area contributed by atoms with Crippen LogP contribution in [0.25, 0.3) is 0 Å². The Morgan fingerprint density at radius 3 is 2.60 bits per heavy atom. The summed E-state index contributed by atoms with van der Waals surface area (Å²) >= 11 is 6.49. The maximum atomic E-state index is 13.1. The predicted molar refractivity (Wildman–Crippen MR) is 117 cm³/mol. The first-order valence-corrected chi connectivity index (χ1v) is 10.9. The van der Waals surface area contributed by atoms with Crippen molar-refractivity contribution in [2.45, 2.75) is 26.5 Å². The molecule has 1 aliphatic rings. The molecule has 0 atom stereocenters. The lowest BCUT2D eigenvalue weighted by Crippen LogP contribution is -2.37. The predicted octanol–water partition coefficient (Wildman–Crippen LogP) is 4.27. The largest absolute Gasteiger partial charge is 0.490 e. The van der Waals surface area contributed by atoms with Crippen molar-refractivity contribution < 1.29 is 18.6 Å². The van der Waals surface area contributed by atoms with E-state index in [2.05, 4.69) is 10.2 Å². The summed E-state index contributed by atoms with van der Waals surface area (Å²) in [4.78, 5) is 2.43. The Balaban J connectivity index is 1.52. The van der Waals surface area contributed by atoms with Crippen molar-refractivity contribution in [1.29, 1.82) is 0 Å². The molecular weight excluding hydrogens is 407 g/mol. The van der Waals surface area contributed by atoms with Crippen LogP contribution in [0.5, 0.6) is 11.5 Å². The lowest BCUT2D eigenvalue weighted by molar-refractivity contribution is 0.0374. The van der Waals surface area contributed by atoms with Gasteiger partial charge in [0, 0.05) is 19.6 Å². The van der Waals surface area contributed by atoms with Crippen LogP contribution in [0.4, 0.5) is 4.39 Å². The summed E-state index contributed by atoms with van der Waals surface area (Å²) in [5, 5.41) is 3.98. The summed E-state index contributed by atoms with van der Waals surface area (Å²) in [6.07, 6.45) is 1.09. The zero-order valence-electron chi connectivity index (χ0n) is 17.5. The van der Waals surface area contributed by atoms with Crippen LogP contribution in [0.15, 0.2) is 36.4 Å². The van der Waals surface area contributed by atoms with Gasteiger partial charge in [-0.15, -0.1) is 0 Å². The van der Waals surface area contributed by atoms with E-state index >= 15 is 0 Å². The van der Waals surface area contributed by atoms with Gasteiger partial charge >= 0.3 is 0 Å². The highest BCUT2D eigenvalue weighted by Gasteiger charge is 2.13. The van der Waals surface area contributed by atoms with E-state index in [-0.39, 0.29) is 5.82 Å². The minimum absolute atomic E-state index is 0.270. The molecule has 5 nitrogen and oxygen atoms in total. The molecule has 0 bridgehead atoms. The number of rotatable bonds is 11. The Morgan fingerprint density at radius 1 is 1.10 bits per heavy atom. The Bertz CT molecular complexity index is 783. The van der Waals surface area contributed by atoms with Crippen LogP contribution in [0.1, 0.15) is 24.5 Å². The second-order valence-corrected chi connectivity index (χ2v) is 7.64. The molecule has 30 heavy (non-hydrogen) atoms. The number of morpholine rings is 1. The Hall–Kier alpha value is -1.86. The molecule has 1 N–H and O–H groups in total. The number of nitrogens with zero attached hydrogens (tertiary/aromatic N) is 1. The van der Waals surface area contributed by atoms with Crippen molar-refractivity contribution in [3.63, 3.8) is 0 Å². The Labute approximate surface area is 183 Å². The molecule has 0 aliphatic carbocycles. The van der Waals surface area contributed by atoms with Gasteiger partial charge in [0.05, 0.1) is 24.8 Å². The first-order valence-electron chi connectivity index (χ1n) is 10.5. The van der Waals surface area contributed by atoms with Gasteiger partial charge in [-0.2, -0.15) is 0 Å². The molecule has 1 saturated heterocycles. The number of hydrogen-bond donors (Lipinski definition) is 1. The zero-order chi connectivity index (χ0) is 21.2. The van der Waals surface area contributed by atoms with E-state index in [9.17, 15) is 4.39 Å². The van der Waals surface area contributed by atoms with Crippen LogP contribution in [-0.4, -0.2) is 50.9 Å². The van der Waals surface area contributed by atoms with E-state index in [1.807, 2.05) is 19.1 Å². The molecule has 2 aromatic rings. The fraction of sp³-hybridized carbons (Fsp3) is 0.478. The van der Waals surface area contributed by atoms with Crippen LogP contribution < -0.4 is 14.8 Å². The quantitative estimate of drug-likeness (QED) is 0.533.